The Kier molecular flexibility index (Phi) is 3.96. The van der Waals surface area contributed by atoms with E-state index in [0.29, 0.717) is 29.2 Å². The Labute approximate surface area is 177 Å². The second kappa shape index (κ2) is 6.73. The first-order valence-corrected chi connectivity index (χ1v) is 10.8. The van der Waals surface area contributed by atoms with Gasteiger partial charge >= 0.3 is 0 Å². The van der Waals surface area contributed by atoms with E-state index >= 15 is 0 Å². The molecule has 1 aromatic carbocycles. The van der Waals surface area contributed by atoms with Crippen molar-refractivity contribution in [3.05, 3.63) is 63.3 Å². The van der Waals surface area contributed by atoms with E-state index in [-0.39, 0.29) is 11.5 Å². The van der Waals surface area contributed by atoms with E-state index in [1.807, 2.05) is 29.5 Å². The molecule has 1 aliphatic heterocycles. The third kappa shape index (κ3) is 2.71. The van der Waals surface area contributed by atoms with E-state index in [9.17, 15) is 9.59 Å². The Morgan fingerprint density at radius 1 is 1.19 bits per heavy atom. The zero-order valence-corrected chi connectivity index (χ0v) is 17.3. The number of aryl methyl sites for hydroxylation is 1. The summed E-state index contributed by atoms with van der Waals surface area (Å²) < 4.78 is 1.89. The van der Waals surface area contributed by atoms with Gasteiger partial charge in [0.25, 0.3) is 11.5 Å². The number of hydrogen-bond acceptors (Lipinski definition) is 5. The molecular weight excluding hydrogens is 392 g/mol. The minimum absolute atomic E-state index is 0.0995. The predicted octanol–water partition coefficient (Wildman–Crippen LogP) is 3.13. The number of aromatic nitrogens is 5. The fraction of sp³-hybridized carbons (Fsp3) is 0.348. The summed E-state index contributed by atoms with van der Waals surface area (Å²) in [6, 6.07) is 7.65. The topological polar surface area (TPSA) is 96.2 Å². The lowest BCUT2D eigenvalue weighted by Gasteiger charge is -2.18. The second-order valence-corrected chi connectivity index (χ2v) is 8.53. The molecule has 8 nitrogen and oxygen atoms in total. The van der Waals surface area contributed by atoms with Gasteiger partial charge in [0.2, 0.25) is 5.65 Å². The highest BCUT2D eigenvalue weighted by molar-refractivity contribution is 6.09. The maximum atomic E-state index is 13.4. The van der Waals surface area contributed by atoms with E-state index < -0.39 is 0 Å². The molecule has 0 unspecified atom stereocenters. The molecule has 156 valence electrons. The highest BCUT2D eigenvalue weighted by Gasteiger charge is 2.29. The molecule has 2 aliphatic rings. The fourth-order valence-electron chi connectivity index (χ4n) is 5.07. The highest BCUT2D eigenvalue weighted by Crippen LogP contribution is 2.34. The number of nitrogens with zero attached hydrogens (tertiary/aromatic N) is 5. The highest BCUT2D eigenvalue weighted by atomic mass is 16.2. The lowest BCUT2D eigenvalue weighted by Crippen LogP contribution is -2.30. The molecule has 0 radical (unpaired) electrons. The van der Waals surface area contributed by atoms with E-state index in [1.165, 1.54) is 12.8 Å². The molecule has 1 N–H and O–H groups in total. The second-order valence-electron chi connectivity index (χ2n) is 8.53. The molecule has 3 aromatic heterocycles. The Morgan fingerprint density at radius 2 is 2.03 bits per heavy atom. The molecule has 0 atom stereocenters. The van der Waals surface area contributed by atoms with Gasteiger partial charge in [-0.3, -0.25) is 18.9 Å². The van der Waals surface area contributed by atoms with Crippen LogP contribution in [0.15, 0.2) is 35.3 Å². The molecule has 31 heavy (non-hydrogen) atoms. The van der Waals surface area contributed by atoms with E-state index in [4.69, 9.17) is 0 Å². The molecule has 1 saturated carbocycles. The standard InChI is InChI=1S/C23H22N6O2/c1-13-11-18-17(12-16(13)23(31)28-10-8-15-7-4-9-24-19(15)28)25-22(30)21-27-26-20(29(18)21)14-5-2-3-6-14/h4,7,9,11-12,14H,2-3,5-6,8,10H2,1H3,(H,25,30). The van der Waals surface area contributed by atoms with Gasteiger partial charge in [-0.1, -0.05) is 18.9 Å². The normalized spacial score (nSPS) is 16.5. The Morgan fingerprint density at radius 3 is 2.87 bits per heavy atom. The van der Waals surface area contributed by atoms with E-state index in [0.717, 1.165) is 47.5 Å². The Balaban J connectivity index is 1.51. The molecule has 6 rings (SSSR count). The summed E-state index contributed by atoms with van der Waals surface area (Å²) in [6.07, 6.45) is 6.97. The van der Waals surface area contributed by atoms with Gasteiger partial charge in [-0.25, -0.2) is 4.98 Å². The van der Waals surface area contributed by atoms with Crippen molar-refractivity contribution in [3.8, 4) is 0 Å². The molecule has 0 spiro atoms. The van der Waals surface area contributed by atoms with Gasteiger partial charge in [0.1, 0.15) is 11.6 Å². The van der Waals surface area contributed by atoms with Crippen LogP contribution in [0.25, 0.3) is 16.7 Å². The molecule has 0 saturated heterocycles. The first kappa shape index (κ1) is 18.2. The molecular formula is C23H22N6O2. The number of rotatable bonds is 2. The van der Waals surface area contributed by atoms with Crippen LogP contribution in [0.1, 0.15) is 58.9 Å². The largest absolute Gasteiger partial charge is 0.317 e. The van der Waals surface area contributed by atoms with Crippen LogP contribution in [-0.2, 0) is 6.42 Å². The monoisotopic (exact) mass is 414 g/mol. The van der Waals surface area contributed by atoms with Crippen molar-refractivity contribution in [3.63, 3.8) is 0 Å². The van der Waals surface area contributed by atoms with E-state index in [1.54, 1.807) is 17.2 Å². The summed E-state index contributed by atoms with van der Waals surface area (Å²) in [4.78, 5) is 35.2. The van der Waals surface area contributed by atoms with Crippen LogP contribution in [0.5, 0.6) is 0 Å². The molecule has 8 heteroatoms. The predicted molar refractivity (Wildman–Crippen MR) is 117 cm³/mol. The van der Waals surface area contributed by atoms with Gasteiger partial charge in [0, 0.05) is 24.2 Å². The zero-order valence-electron chi connectivity index (χ0n) is 17.3. The SMILES string of the molecule is Cc1cc2c(cc1C(=O)N1CCc3cccnc31)[nH]c(=O)c1nnc(C3CCCC3)n12. The third-order valence-corrected chi connectivity index (χ3v) is 6.65. The van der Waals surface area contributed by atoms with Crippen LogP contribution >= 0.6 is 0 Å². The quantitative estimate of drug-likeness (QED) is 0.544. The molecule has 1 amide bonds. The van der Waals surface area contributed by atoms with Crippen LogP contribution in [0, 0.1) is 6.92 Å². The Bertz CT molecular complexity index is 1410. The summed E-state index contributed by atoms with van der Waals surface area (Å²) in [6.45, 7) is 2.54. The summed E-state index contributed by atoms with van der Waals surface area (Å²) in [5, 5.41) is 8.55. The van der Waals surface area contributed by atoms with Gasteiger partial charge in [0.15, 0.2) is 0 Å². The number of nitrogens with one attached hydrogen (secondary N) is 1. The number of amides is 1. The number of fused-ring (bicyclic) bond motifs is 4. The summed E-state index contributed by atoms with van der Waals surface area (Å²) in [5.74, 6) is 1.78. The van der Waals surface area contributed by atoms with Crippen molar-refractivity contribution >= 4 is 28.4 Å². The first-order chi connectivity index (χ1) is 15.1. The summed E-state index contributed by atoms with van der Waals surface area (Å²) in [7, 11) is 0. The van der Waals surface area contributed by atoms with Crippen LogP contribution in [0.4, 0.5) is 5.82 Å². The number of anilines is 1. The number of H-pyrrole nitrogens is 1. The van der Waals surface area contributed by atoms with Gasteiger partial charge < -0.3 is 4.98 Å². The number of carbonyl (C=O) groups is 1. The number of hydrogen-bond donors (Lipinski definition) is 1. The van der Waals surface area contributed by atoms with Crippen LogP contribution < -0.4 is 10.5 Å². The first-order valence-electron chi connectivity index (χ1n) is 10.8. The number of pyridine rings is 1. The average Bonchev–Trinajstić information content (AvgIpc) is 3.52. The van der Waals surface area contributed by atoms with Crippen molar-refractivity contribution in [1.29, 1.82) is 0 Å². The van der Waals surface area contributed by atoms with Gasteiger partial charge in [-0.05, 0) is 55.5 Å². The molecule has 1 fully saturated rings. The number of aromatic amines is 1. The smallest absolute Gasteiger partial charge is 0.294 e. The van der Waals surface area contributed by atoms with Gasteiger partial charge in [0.05, 0.1) is 11.0 Å². The van der Waals surface area contributed by atoms with Crippen molar-refractivity contribution in [2.75, 3.05) is 11.4 Å². The van der Waals surface area contributed by atoms with Crippen molar-refractivity contribution < 1.29 is 4.79 Å². The van der Waals surface area contributed by atoms with E-state index in [2.05, 4.69) is 20.2 Å². The number of carbonyl (C=O) groups excluding carboxylic acids is 1. The van der Waals surface area contributed by atoms with Crippen LogP contribution in [-0.4, -0.2) is 37.0 Å². The summed E-state index contributed by atoms with van der Waals surface area (Å²) in [5.41, 5.74) is 3.96. The van der Waals surface area contributed by atoms with Gasteiger partial charge in [-0.15, -0.1) is 10.2 Å². The molecule has 4 heterocycles. The summed E-state index contributed by atoms with van der Waals surface area (Å²) >= 11 is 0. The minimum atomic E-state index is -0.292. The lowest BCUT2D eigenvalue weighted by molar-refractivity contribution is 0.0988. The zero-order chi connectivity index (χ0) is 21.1. The lowest BCUT2D eigenvalue weighted by atomic mass is 10.0. The molecule has 1 aliphatic carbocycles. The maximum absolute atomic E-state index is 13.4. The maximum Gasteiger partial charge on any atom is 0.294 e. The number of benzene rings is 1. The third-order valence-electron chi connectivity index (χ3n) is 6.65. The van der Waals surface area contributed by atoms with Crippen molar-refractivity contribution in [2.24, 2.45) is 0 Å². The van der Waals surface area contributed by atoms with Crippen molar-refractivity contribution in [2.45, 2.75) is 44.9 Å². The average molecular weight is 414 g/mol. The van der Waals surface area contributed by atoms with Crippen molar-refractivity contribution in [1.82, 2.24) is 24.6 Å². The fourth-order valence-corrected chi connectivity index (χ4v) is 5.07. The van der Waals surface area contributed by atoms with Gasteiger partial charge in [-0.2, -0.15) is 0 Å². The minimum Gasteiger partial charge on any atom is -0.317 e. The molecule has 4 aromatic rings. The molecule has 0 bridgehead atoms. The Hall–Kier alpha value is -3.55. The van der Waals surface area contributed by atoms with Crippen LogP contribution in [0.2, 0.25) is 0 Å². The van der Waals surface area contributed by atoms with Crippen LogP contribution in [0.3, 0.4) is 0 Å².